The Morgan fingerprint density at radius 2 is 1.96 bits per heavy atom. The molecule has 0 bridgehead atoms. The van der Waals surface area contributed by atoms with Crippen LogP contribution in [0.3, 0.4) is 0 Å². The highest BCUT2D eigenvalue weighted by atomic mass is 31.2. The number of nitrogens with zero attached hydrogens (tertiary/aromatic N) is 4. The van der Waals surface area contributed by atoms with Crippen LogP contribution in [0.2, 0.25) is 0 Å². The summed E-state index contributed by atoms with van der Waals surface area (Å²) in [4.78, 5) is 37.0. The zero-order valence-electron chi connectivity index (χ0n) is 13.4. The maximum absolute atomic E-state index is 9.95. The fraction of sp³-hybridized carbons (Fsp3) is 0.455. The highest BCUT2D eigenvalue weighted by molar-refractivity contribution is 7.46. The van der Waals surface area contributed by atoms with Crippen LogP contribution in [0.1, 0.15) is 6.23 Å². The lowest BCUT2D eigenvalue weighted by atomic mass is 10.1. The average molecular weight is 408 g/mol. The van der Waals surface area contributed by atoms with Crippen molar-refractivity contribution in [2.75, 3.05) is 12.3 Å². The first-order chi connectivity index (χ1) is 12.5. The monoisotopic (exact) mass is 408 g/mol. The number of nitrogen functional groups attached to an aromatic ring is 1. The zero-order chi connectivity index (χ0) is 20.4. The number of aliphatic hydroxyl groups is 3. The lowest BCUT2D eigenvalue weighted by molar-refractivity contribution is -0.0511. The molecule has 0 spiro atoms. The number of hydrogen-bond acceptors (Lipinski definition) is 11. The van der Waals surface area contributed by atoms with Crippen LogP contribution >= 0.6 is 7.82 Å². The SMILES string of the molecule is NC(=O)OP(=O)(O)O.Nc1ncnc2c1ncn2[C@@H]1O[C@H](CO)[C@@H](O)[C@H]1O. The van der Waals surface area contributed by atoms with Crippen LogP contribution in [0.5, 0.6) is 0 Å². The Morgan fingerprint density at radius 3 is 2.44 bits per heavy atom. The van der Waals surface area contributed by atoms with E-state index in [4.69, 9.17) is 25.4 Å². The Balaban J connectivity index is 0.000000279. The van der Waals surface area contributed by atoms with Gasteiger partial charge in [0, 0.05) is 0 Å². The van der Waals surface area contributed by atoms with Crippen LogP contribution in [0, 0.1) is 0 Å². The quantitative estimate of drug-likeness (QED) is 0.254. The number of hydrogen-bond donors (Lipinski definition) is 7. The van der Waals surface area contributed by atoms with E-state index in [1.54, 1.807) is 0 Å². The molecule has 0 saturated carbocycles. The number of primary amides is 1. The van der Waals surface area contributed by atoms with Gasteiger partial charge in [-0.25, -0.2) is 24.3 Å². The molecule has 27 heavy (non-hydrogen) atoms. The van der Waals surface area contributed by atoms with Gasteiger partial charge in [0.2, 0.25) is 0 Å². The molecule has 0 radical (unpaired) electrons. The molecule has 1 fully saturated rings. The summed E-state index contributed by atoms with van der Waals surface area (Å²) in [5, 5.41) is 28.7. The van der Waals surface area contributed by atoms with E-state index in [1.165, 1.54) is 17.2 Å². The lowest BCUT2D eigenvalue weighted by Crippen LogP contribution is -2.33. The van der Waals surface area contributed by atoms with Crippen LogP contribution in [0.25, 0.3) is 11.2 Å². The molecule has 0 aliphatic carbocycles. The van der Waals surface area contributed by atoms with Crippen molar-refractivity contribution in [3.8, 4) is 0 Å². The van der Waals surface area contributed by atoms with Gasteiger partial charge in [0.05, 0.1) is 12.9 Å². The van der Waals surface area contributed by atoms with Crippen molar-refractivity contribution in [1.82, 2.24) is 19.5 Å². The summed E-state index contributed by atoms with van der Waals surface area (Å²) in [5.41, 5.74) is 10.7. The Morgan fingerprint density at radius 1 is 1.30 bits per heavy atom. The van der Waals surface area contributed by atoms with Crippen LogP contribution in [-0.2, 0) is 13.8 Å². The second-order valence-corrected chi connectivity index (χ2v) is 6.38. The molecule has 4 atom stereocenters. The molecular weight excluding hydrogens is 391 g/mol. The van der Waals surface area contributed by atoms with Gasteiger partial charge >= 0.3 is 13.9 Å². The zero-order valence-corrected chi connectivity index (χ0v) is 14.3. The van der Waals surface area contributed by atoms with E-state index in [-0.39, 0.29) is 5.82 Å². The molecule has 9 N–H and O–H groups in total. The first-order valence-electron chi connectivity index (χ1n) is 7.15. The third-order valence-corrected chi connectivity index (χ3v) is 3.81. The van der Waals surface area contributed by atoms with Crippen molar-refractivity contribution in [1.29, 1.82) is 0 Å². The summed E-state index contributed by atoms with van der Waals surface area (Å²) < 4.78 is 19.7. The van der Waals surface area contributed by atoms with Crippen LogP contribution in [0.15, 0.2) is 12.7 Å². The predicted octanol–water partition coefficient (Wildman–Crippen LogP) is -2.81. The minimum Gasteiger partial charge on any atom is -0.394 e. The highest BCUT2D eigenvalue weighted by Crippen LogP contribution is 2.35. The topological polar surface area (TPSA) is 249 Å². The van der Waals surface area contributed by atoms with Crippen molar-refractivity contribution in [2.45, 2.75) is 24.5 Å². The van der Waals surface area contributed by atoms with E-state index in [9.17, 15) is 19.6 Å². The smallest absolute Gasteiger partial charge is 0.394 e. The normalized spacial score (nSPS) is 25.1. The van der Waals surface area contributed by atoms with Crippen molar-refractivity contribution in [3.05, 3.63) is 12.7 Å². The first-order valence-corrected chi connectivity index (χ1v) is 8.68. The molecule has 150 valence electrons. The molecule has 2 aromatic rings. The lowest BCUT2D eigenvalue weighted by Gasteiger charge is -2.16. The third-order valence-electron chi connectivity index (χ3n) is 3.39. The Bertz CT molecular complexity index is 856. The van der Waals surface area contributed by atoms with Gasteiger partial charge in [0.25, 0.3) is 0 Å². The van der Waals surface area contributed by atoms with Crippen molar-refractivity contribution < 1.29 is 43.7 Å². The van der Waals surface area contributed by atoms with Gasteiger partial charge in [-0.3, -0.25) is 14.4 Å². The highest BCUT2D eigenvalue weighted by Gasteiger charge is 2.43. The number of anilines is 1. The van der Waals surface area contributed by atoms with E-state index in [1.807, 2.05) is 0 Å². The summed E-state index contributed by atoms with van der Waals surface area (Å²) in [6.45, 7) is -0.390. The molecule has 16 heteroatoms. The van der Waals surface area contributed by atoms with E-state index in [0.717, 1.165) is 0 Å². The molecule has 1 aliphatic rings. The van der Waals surface area contributed by atoms with Crippen molar-refractivity contribution in [3.63, 3.8) is 0 Å². The largest absolute Gasteiger partial charge is 0.528 e. The van der Waals surface area contributed by atoms with E-state index in [0.29, 0.717) is 11.2 Å². The molecular formula is C11H17N6O9P. The maximum atomic E-state index is 9.95. The second kappa shape index (κ2) is 8.10. The van der Waals surface area contributed by atoms with Crippen LogP contribution in [-0.4, -0.2) is 75.6 Å². The molecule has 1 saturated heterocycles. The van der Waals surface area contributed by atoms with E-state index >= 15 is 0 Å². The number of phosphoric ester groups is 1. The second-order valence-electron chi connectivity index (χ2n) is 5.21. The number of amides is 1. The molecule has 15 nitrogen and oxygen atoms in total. The Labute approximate surface area is 150 Å². The number of aliphatic hydroxyl groups excluding tert-OH is 3. The average Bonchev–Trinajstić information content (AvgIpc) is 3.09. The Kier molecular flexibility index (Phi) is 6.27. The van der Waals surface area contributed by atoms with Crippen LogP contribution in [0.4, 0.5) is 10.6 Å². The molecule has 3 heterocycles. The fourth-order valence-corrected chi connectivity index (χ4v) is 2.52. The molecule has 1 aliphatic heterocycles. The fourth-order valence-electron chi connectivity index (χ4n) is 2.28. The predicted molar refractivity (Wildman–Crippen MR) is 85.5 cm³/mol. The molecule has 3 rings (SSSR count). The van der Waals surface area contributed by atoms with Gasteiger partial charge in [0.1, 0.15) is 30.2 Å². The van der Waals surface area contributed by atoms with Gasteiger partial charge in [-0.15, -0.1) is 0 Å². The number of carbonyl (C=O) groups excluding carboxylic acids is 1. The van der Waals surface area contributed by atoms with E-state index < -0.39 is 45.1 Å². The minimum atomic E-state index is -4.70. The minimum absolute atomic E-state index is 0.218. The molecule has 0 aromatic carbocycles. The van der Waals surface area contributed by atoms with Gasteiger partial charge < -0.3 is 36.0 Å². The number of aromatic nitrogens is 4. The van der Waals surface area contributed by atoms with Crippen LogP contribution < -0.4 is 11.5 Å². The molecule has 2 aromatic heterocycles. The summed E-state index contributed by atoms with van der Waals surface area (Å²) >= 11 is 0. The summed E-state index contributed by atoms with van der Waals surface area (Å²) in [7, 11) is -4.70. The van der Waals surface area contributed by atoms with Gasteiger partial charge in [-0.1, -0.05) is 0 Å². The summed E-state index contributed by atoms with van der Waals surface area (Å²) in [6, 6.07) is 0. The third kappa shape index (κ3) is 4.86. The first kappa shape index (κ1) is 20.9. The summed E-state index contributed by atoms with van der Waals surface area (Å²) in [5.74, 6) is 0.218. The molecule has 1 amide bonds. The van der Waals surface area contributed by atoms with Gasteiger partial charge in [-0.2, -0.15) is 0 Å². The van der Waals surface area contributed by atoms with Crippen molar-refractivity contribution >= 4 is 30.9 Å². The van der Waals surface area contributed by atoms with Crippen molar-refractivity contribution in [2.24, 2.45) is 5.73 Å². The van der Waals surface area contributed by atoms with Gasteiger partial charge in [0.15, 0.2) is 17.7 Å². The number of carbonyl (C=O) groups is 1. The maximum Gasteiger partial charge on any atom is 0.528 e. The van der Waals surface area contributed by atoms with E-state index in [2.05, 4.69) is 25.2 Å². The van der Waals surface area contributed by atoms with Gasteiger partial charge in [-0.05, 0) is 0 Å². The number of fused-ring (bicyclic) bond motifs is 1. The summed E-state index contributed by atoms with van der Waals surface area (Å²) in [6.07, 6.45) is -2.91. The number of phosphoric acid groups is 1. The molecule has 0 unspecified atom stereocenters. The standard InChI is InChI=1S/C10H13N5O4.CH4NO5P/c11-8-5-9(13-2-12-8)15(3-14-5)10-7(18)6(17)4(1-16)19-10;2-1(3)7-8(4,5)6/h2-4,6-7,10,16-18H,1H2,(H2,11,12,13);(H2,2,3)(H2,4,5,6)/t4-,6-,7-,10-;/m1./s1. The number of nitrogens with two attached hydrogens (primary N) is 2. The number of ether oxygens (including phenoxy) is 1. The number of rotatable bonds is 3. The number of imidazole rings is 1. The Hall–Kier alpha value is -2.39.